The van der Waals surface area contributed by atoms with Crippen molar-refractivity contribution in [2.24, 2.45) is 7.05 Å². The molecule has 1 atom stereocenters. The average molecular weight is 223 g/mol. The lowest BCUT2D eigenvalue weighted by Crippen LogP contribution is -2.32. The van der Waals surface area contributed by atoms with Crippen molar-refractivity contribution in [3.05, 3.63) is 17.5 Å². The predicted octanol–water partition coefficient (Wildman–Crippen LogP) is 1.29. The first-order chi connectivity index (χ1) is 7.70. The zero-order chi connectivity index (χ0) is 11.5. The maximum absolute atomic E-state index is 9.47. The molecule has 0 bridgehead atoms. The number of nitrogens with one attached hydrogen (secondary N) is 1. The highest BCUT2D eigenvalue weighted by molar-refractivity contribution is 5.20. The first kappa shape index (κ1) is 11.6. The van der Waals surface area contributed by atoms with Crippen LogP contribution >= 0.6 is 0 Å². The summed E-state index contributed by atoms with van der Waals surface area (Å²) < 4.78 is 1.81. The van der Waals surface area contributed by atoms with E-state index in [1.807, 2.05) is 24.9 Å². The molecule has 0 radical (unpaired) electrons. The van der Waals surface area contributed by atoms with Crippen LogP contribution in [0.2, 0.25) is 0 Å². The van der Waals surface area contributed by atoms with Crippen LogP contribution in [0.25, 0.3) is 0 Å². The molecule has 0 amide bonds. The summed E-state index contributed by atoms with van der Waals surface area (Å²) in [6.45, 7) is 2.14. The zero-order valence-corrected chi connectivity index (χ0v) is 10.1. The highest BCUT2D eigenvalue weighted by atomic mass is 16.3. The van der Waals surface area contributed by atoms with Gasteiger partial charge in [0.05, 0.1) is 18.3 Å². The number of hydrogen-bond donors (Lipinski definition) is 2. The van der Waals surface area contributed by atoms with Crippen molar-refractivity contribution in [3.63, 3.8) is 0 Å². The molecule has 90 valence electrons. The number of aliphatic hydroxyl groups excluding tert-OH is 1. The molecule has 4 heteroatoms. The first-order valence-electron chi connectivity index (χ1n) is 6.07. The third kappa shape index (κ3) is 2.44. The summed E-state index contributed by atoms with van der Waals surface area (Å²) in [5, 5.41) is 17.3. The highest BCUT2D eigenvalue weighted by Crippen LogP contribution is 2.23. The van der Waals surface area contributed by atoms with E-state index in [9.17, 15) is 5.11 Å². The summed E-state index contributed by atoms with van der Waals surface area (Å²) in [7, 11) is 1.92. The van der Waals surface area contributed by atoms with E-state index in [-0.39, 0.29) is 12.6 Å². The molecule has 1 aromatic rings. The van der Waals surface area contributed by atoms with Gasteiger partial charge in [-0.3, -0.25) is 4.68 Å². The van der Waals surface area contributed by atoms with Crippen molar-refractivity contribution in [2.75, 3.05) is 6.61 Å². The van der Waals surface area contributed by atoms with Gasteiger partial charge in [-0.15, -0.1) is 0 Å². The minimum absolute atomic E-state index is 0.0387. The summed E-state index contributed by atoms with van der Waals surface area (Å²) in [6.07, 6.45) is 7.08. The Morgan fingerprint density at radius 3 is 2.75 bits per heavy atom. The third-order valence-corrected chi connectivity index (χ3v) is 3.40. The Bertz CT molecular complexity index is 342. The van der Waals surface area contributed by atoms with Gasteiger partial charge in [0, 0.05) is 24.8 Å². The fraction of sp³-hybridized carbons (Fsp3) is 0.750. The smallest absolute Gasteiger partial charge is 0.0642 e. The summed E-state index contributed by atoms with van der Waals surface area (Å²) in [5.74, 6) is 0. The molecule has 0 aliphatic heterocycles. The molecular formula is C12H21N3O. The fourth-order valence-corrected chi connectivity index (χ4v) is 2.58. The van der Waals surface area contributed by atoms with Gasteiger partial charge in [-0.25, -0.2) is 0 Å². The van der Waals surface area contributed by atoms with Crippen LogP contribution in [0, 0.1) is 6.92 Å². The van der Waals surface area contributed by atoms with E-state index in [1.54, 1.807) is 0 Å². The number of rotatable bonds is 4. The van der Waals surface area contributed by atoms with Crippen LogP contribution in [-0.2, 0) is 7.05 Å². The second-order valence-electron chi connectivity index (χ2n) is 4.73. The Labute approximate surface area is 96.7 Å². The van der Waals surface area contributed by atoms with Crippen molar-refractivity contribution in [2.45, 2.75) is 44.7 Å². The van der Waals surface area contributed by atoms with Gasteiger partial charge in [0.2, 0.25) is 0 Å². The fourth-order valence-electron chi connectivity index (χ4n) is 2.58. The van der Waals surface area contributed by atoms with Gasteiger partial charge >= 0.3 is 0 Å². The predicted molar refractivity (Wildman–Crippen MR) is 63.2 cm³/mol. The average Bonchev–Trinajstić information content (AvgIpc) is 2.85. The number of aromatic nitrogens is 2. The molecule has 1 aliphatic carbocycles. The Hall–Kier alpha value is -0.870. The topological polar surface area (TPSA) is 50.1 Å². The molecule has 1 fully saturated rings. The summed E-state index contributed by atoms with van der Waals surface area (Å²) >= 11 is 0. The zero-order valence-electron chi connectivity index (χ0n) is 10.1. The Kier molecular flexibility index (Phi) is 3.61. The van der Waals surface area contributed by atoms with Crippen molar-refractivity contribution >= 4 is 0 Å². The lowest BCUT2D eigenvalue weighted by atomic mass is 10.1. The van der Waals surface area contributed by atoms with Gasteiger partial charge < -0.3 is 10.4 Å². The normalized spacial score (nSPS) is 19.2. The number of aryl methyl sites for hydroxylation is 2. The molecule has 16 heavy (non-hydrogen) atoms. The van der Waals surface area contributed by atoms with Crippen LogP contribution in [-0.4, -0.2) is 27.5 Å². The molecular weight excluding hydrogens is 202 g/mol. The summed E-state index contributed by atoms with van der Waals surface area (Å²) in [4.78, 5) is 0. The molecule has 1 aromatic heterocycles. The van der Waals surface area contributed by atoms with Crippen LogP contribution < -0.4 is 5.32 Å². The van der Waals surface area contributed by atoms with E-state index in [4.69, 9.17) is 0 Å². The van der Waals surface area contributed by atoms with Crippen LogP contribution in [0.15, 0.2) is 6.20 Å². The summed E-state index contributed by atoms with van der Waals surface area (Å²) in [6, 6.07) is 0.605. The molecule has 0 saturated heterocycles. The number of hydrogen-bond acceptors (Lipinski definition) is 3. The molecule has 0 spiro atoms. The van der Waals surface area contributed by atoms with Crippen LogP contribution in [0.4, 0.5) is 0 Å². The highest BCUT2D eigenvalue weighted by Gasteiger charge is 2.21. The Morgan fingerprint density at radius 1 is 1.56 bits per heavy atom. The standard InChI is InChI=1S/C12H21N3O/c1-9-11(7-15(2)14-9)12(8-16)13-10-5-3-4-6-10/h7,10,12-13,16H,3-6,8H2,1-2H3. The van der Waals surface area contributed by atoms with E-state index in [2.05, 4.69) is 10.4 Å². The van der Waals surface area contributed by atoms with Crippen LogP contribution in [0.5, 0.6) is 0 Å². The largest absolute Gasteiger partial charge is 0.394 e. The SMILES string of the molecule is Cc1nn(C)cc1C(CO)NC1CCCC1. The van der Waals surface area contributed by atoms with E-state index in [0.717, 1.165) is 11.3 Å². The monoisotopic (exact) mass is 223 g/mol. The van der Waals surface area contributed by atoms with Gasteiger partial charge in [-0.1, -0.05) is 12.8 Å². The second-order valence-corrected chi connectivity index (χ2v) is 4.73. The maximum Gasteiger partial charge on any atom is 0.0642 e. The molecule has 0 aromatic carbocycles. The molecule has 1 unspecified atom stereocenters. The Balaban J connectivity index is 2.06. The lowest BCUT2D eigenvalue weighted by molar-refractivity contribution is 0.232. The second kappa shape index (κ2) is 4.97. The quantitative estimate of drug-likeness (QED) is 0.809. The van der Waals surface area contributed by atoms with Gasteiger partial charge in [-0.2, -0.15) is 5.10 Å². The molecule has 2 N–H and O–H groups in total. The summed E-state index contributed by atoms with van der Waals surface area (Å²) in [5.41, 5.74) is 2.13. The van der Waals surface area contributed by atoms with Crippen LogP contribution in [0.3, 0.4) is 0 Å². The molecule has 1 aliphatic rings. The van der Waals surface area contributed by atoms with Gasteiger partial charge in [0.1, 0.15) is 0 Å². The maximum atomic E-state index is 9.47. The van der Waals surface area contributed by atoms with Crippen molar-refractivity contribution in [3.8, 4) is 0 Å². The van der Waals surface area contributed by atoms with Gasteiger partial charge in [-0.05, 0) is 19.8 Å². The van der Waals surface area contributed by atoms with Crippen molar-refractivity contribution < 1.29 is 5.11 Å². The van der Waals surface area contributed by atoms with E-state index < -0.39 is 0 Å². The number of nitrogens with zero attached hydrogens (tertiary/aromatic N) is 2. The van der Waals surface area contributed by atoms with E-state index in [1.165, 1.54) is 25.7 Å². The van der Waals surface area contributed by atoms with Crippen molar-refractivity contribution in [1.29, 1.82) is 0 Å². The Morgan fingerprint density at radius 2 is 2.25 bits per heavy atom. The first-order valence-corrected chi connectivity index (χ1v) is 6.07. The van der Waals surface area contributed by atoms with Gasteiger partial charge in [0.15, 0.2) is 0 Å². The van der Waals surface area contributed by atoms with E-state index >= 15 is 0 Å². The number of aliphatic hydroxyl groups is 1. The van der Waals surface area contributed by atoms with Crippen LogP contribution in [0.1, 0.15) is 43.0 Å². The molecule has 4 nitrogen and oxygen atoms in total. The van der Waals surface area contributed by atoms with Gasteiger partial charge in [0.25, 0.3) is 0 Å². The van der Waals surface area contributed by atoms with Crippen molar-refractivity contribution in [1.82, 2.24) is 15.1 Å². The molecule has 1 saturated carbocycles. The van der Waals surface area contributed by atoms with E-state index in [0.29, 0.717) is 6.04 Å². The molecule has 1 heterocycles. The minimum atomic E-state index is 0.0387. The lowest BCUT2D eigenvalue weighted by Gasteiger charge is -2.20. The minimum Gasteiger partial charge on any atom is -0.394 e. The third-order valence-electron chi connectivity index (χ3n) is 3.40. The molecule has 2 rings (SSSR count).